The van der Waals surface area contributed by atoms with Crippen LogP contribution in [0.25, 0.3) is 0 Å². The first kappa shape index (κ1) is 26.3. The molecule has 9 heteroatoms. The van der Waals surface area contributed by atoms with E-state index in [-0.39, 0.29) is 31.0 Å². The van der Waals surface area contributed by atoms with Gasteiger partial charge in [0, 0.05) is 52.2 Å². The van der Waals surface area contributed by atoms with Gasteiger partial charge in [0.2, 0.25) is 0 Å². The number of hydrogen-bond donors (Lipinski definition) is 0. The van der Waals surface area contributed by atoms with Gasteiger partial charge in [0.15, 0.2) is 0 Å². The first-order valence-electron chi connectivity index (χ1n) is 9.77. The molecule has 1 unspecified atom stereocenters. The summed E-state index contributed by atoms with van der Waals surface area (Å²) in [7, 11) is 5.09. The van der Waals surface area contributed by atoms with Crippen LogP contribution in [0.4, 0.5) is 17.6 Å². The Labute approximate surface area is 181 Å². The molecular weight excluding hydrogens is 412 g/mol. The quantitative estimate of drug-likeness (QED) is 0.274. The zero-order valence-electron chi connectivity index (χ0n) is 18.4. The van der Waals surface area contributed by atoms with Crippen molar-refractivity contribution >= 4 is 18.3 Å². The second-order valence-corrected chi connectivity index (χ2v) is 7.86. The normalized spacial score (nSPS) is 18.6. The summed E-state index contributed by atoms with van der Waals surface area (Å²) in [5.74, 6) is -2.36. The molecular formula is C22H30F4N4O. The molecule has 1 amide bonds. The van der Waals surface area contributed by atoms with Gasteiger partial charge in [-0.1, -0.05) is 19.6 Å². The van der Waals surface area contributed by atoms with Crippen molar-refractivity contribution in [3.63, 3.8) is 0 Å². The van der Waals surface area contributed by atoms with Crippen LogP contribution in [0.3, 0.4) is 0 Å². The Balaban J connectivity index is 2.95. The highest BCUT2D eigenvalue weighted by molar-refractivity contribution is 5.93. The van der Waals surface area contributed by atoms with Crippen LogP contribution in [0.1, 0.15) is 26.2 Å². The summed E-state index contributed by atoms with van der Waals surface area (Å²) in [5, 5.41) is 0. The maximum atomic E-state index is 14.6. The molecule has 0 N–H and O–H groups in total. The molecule has 1 aliphatic rings. The molecule has 0 fully saturated rings. The standard InChI is InChI=1S/C22H30F4N4O/c1-7-28-19(10-15(2)12-22(24,25)26)17-11-16(8-9-18(17)23)13-30(6)21(31)20(27-3)14-29(4)5/h7-9,14-15,17H,1,3,10-13H2,2,4-6H3/b20-14-,28-19?/t15-,17?/m1/s1. The van der Waals surface area contributed by atoms with Crippen molar-refractivity contribution in [2.24, 2.45) is 21.8 Å². The third-order valence-corrected chi connectivity index (χ3v) is 4.63. The number of alkyl halides is 3. The Morgan fingerprint density at radius 3 is 2.48 bits per heavy atom. The molecule has 0 heterocycles. The molecule has 0 aromatic heterocycles. The van der Waals surface area contributed by atoms with Crippen LogP contribution in [-0.4, -0.2) is 62.0 Å². The van der Waals surface area contributed by atoms with E-state index in [1.54, 1.807) is 38.3 Å². The maximum absolute atomic E-state index is 14.6. The topological polar surface area (TPSA) is 48.3 Å². The van der Waals surface area contributed by atoms with E-state index in [0.29, 0.717) is 5.71 Å². The molecule has 0 aliphatic heterocycles. The lowest BCUT2D eigenvalue weighted by Crippen LogP contribution is -2.32. The molecule has 0 saturated heterocycles. The van der Waals surface area contributed by atoms with E-state index in [1.165, 1.54) is 24.1 Å². The van der Waals surface area contributed by atoms with Gasteiger partial charge in [-0.25, -0.2) is 4.39 Å². The molecule has 31 heavy (non-hydrogen) atoms. The largest absolute Gasteiger partial charge is 0.389 e. The predicted octanol–water partition coefficient (Wildman–Crippen LogP) is 4.91. The molecule has 2 atom stereocenters. The Morgan fingerprint density at radius 1 is 1.32 bits per heavy atom. The van der Waals surface area contributed by atoms with E-state index < -0.39 is 30.3 Å². The molecule has 0 radical (unpaired) electrons. The number of amides is 1. The van der Waals surface area contributed by atoms with E-state index in [2.05, 4.69) is 23.3 Å². The number of allylic oxidation sites excluding steroid dienone is 3. The maximum Gasteiger partial charge on any atom is 0.389 e. The monoisotopic (exact) mass is 442 g/mol. The van der Waals surface area contributed by atoms with Gasteiger partial charge in [0.05, 0.1) is 5.92 Å². The molecule has 0 bridgehead atoms. The average molecular weight is 443 g/mol. The van der Waals surface area contributed by atoms with E-state index in [9.17, 15) is 22.4 Å². The van der Waals surface area contributed by atoms with Crippen LogP contribution >= 0.6 is 0 Å². The third-order valence-electron chi connectivity index (χ3n) is 4.63. The highest BCUT2D eigenvalue weighted by Gasteiger charge is 2.33. The van der Waals surface area contributed by atoms with Gasteiger partial charge in [-0.2, -0.15) is 13.2 Å². The number of nitrogens with zero attached hydrogens (tertiary/aromatic N) is 4. The van der Waals surface area contributed by atoms with Crippen molar-refractivity contribution in [2.45, 2.75) is 32.4 Å². The van der Waals surface area contributed by atoms with Crippen molar-refractivity contribution in [3.05, 3.63) is 48.2 Å². The number of aliphatic imine (C=N–C) groups is 2. The second-order valence-electron chi connectivity index (χ2n) is 7.86. The average Bonchev–Trinajstić information content (AvgIpc) is 2.65. The van der Waals surface area contributed by atoms with Gasteiger partial charge in [0.1, 0.15) is 11.5 Å². The summed E-state index contributed by atoms with van der Waals surface area (Å²) in [6.07, 6.45) is 0.537. The zero-order chi connectivity index (χ0) is 23.8. The molecule has 5 nitrogen and oxygen atoms in total. The van der Waals surface area contributed by atoms with Gasteiger partial charge in [0.25, 0.3) is 5.91 Å². The molecule has 1 rings (SSSR count). The van der Waals surface area contributed by atoms with Gasteiger partial charge < -0.3 is 9.80 Å². The first-order valence-corrected chi connectivity index (χ1v) is 9.77. The van der Waals surface area contributed by atoms with Crippen molar-refractivity contribution in [2.75, 3.05) is 27.7 Å². The van der Waals surface area contributed by atoms with Crippen molar-refractivity contribution in [3.8, 4) is 0 Å². The fraction of sp³-hybridized carbons (Fsp3) is 0.500. The number of likely N-dealkylation sites (N-methyl/N-ethyl adjacent to an activating group) is 1. The number of rotatable bonds is 10. The Morgan fingerprint density at radius 2 is 1.97 bits per heavy atom. The highest BCUT2D eigenvalue weighted by Crippen LogP contribution is 2.33. The second kappa shape index (κ2) is 11.6. The van der Waals surface area contributed by atoms with Crippen molar-refractivity contribution in [1.82, 2.24) is 9.80 Å². The van der Waals surface area contributed by atoms with E-state index in [0.717, 1.165) is 5.57 Å². The van der Waals surface area contributed by atoms with Crippen LogP contribution in [-0.2, 0) is 4.79 Å². The van der Waals surface area contributed by atoms with Crippen molar-refractivity contribution in [1.29, 1.82) is 0 Å². The minimum atomic E-state index is -4.30. The summed E-state index contributed by atoms with van der Waals surface area (Å²) in [6.45, 7) is 8.58. The molecule has 1 aliphatic carbocycles. The van der Waals surface area contributed by atoms with Gasteiger partial charge in [-0.05, 0) is 37.1 Å². The van der Waals surface area contributed by atoms with Crippen LogP contribution in [0, 0.1) is 11.8 Å². The van der Waals surface area contributed by atoms with E-state index in [1.807, 2.05) is 0 Å². The summed E-state index contributed by atoms with van der Waals surface area (Å²) in [6, 6.07) is 0. The summed E-state index contributed by atoms with van der Waals surface area (Å²) >= 11 is 0. The minimum absolute atomic E-state index is 0.00435. The lowest BCUT2D eigenvalue weighted by molar-refractivity contribution is -0.142. The molecule has 0 spiro atoms. The fourth-order valence-corrected chi connectivity index (χ4v) is 3.34. The van der Waals surface area contributed by atoms with Crippen LogP contribution in [0.2, 0.25) is 0 Å². The number of carbonyl (C=O) groups excluding carboxylic acids is 1. The predicted molar refractivity (Wildman–Crippen MR) is 116 cm³/mol. The van der Waals surface area contributed by atoms with Crippen LogP contribution < -0.4 is 0 Å². The van der Waals surface area contributed by atoms with Crippen molar-refractivity contribution < 1.29 is 22.4 Å². The minimum Gasteiger partial charge on any atom is -0.382 e. The summed E-state index contributed by atoms with van der Waals surface area (Å²) in [4.78, 5) is 23.5. The van der Waals surface area contributed by atoms with E-state index >= 15 is 0 Å². The van der Waals surface area contributed by atoms with Gasteiger partial charge in [-0.3, -0.25) is 14.8 Å². The van der Waals surface area contributed by atoms with Crippen LogP contribution in [0.5, 0.6) is 0 Å². The molecule has 172 valence electrons. The van der Waals surface area contributed by atoms with E-state index in [4.69, 9.17) is 0 Å². The number of carbonyl (C=O) groups is 1. The molecule has 0 saturated carbocycles. The Bertz CT molecular complexity index is 794. The smallest absolute Gasteiger partial charge is 0.382 e. The van der Waals surface area contributed by atoms with Gasteiger partial charge in [-0.15, -0.1) is 0 Å². The SMILES string of the molecule is C=CN=C(C[C@@H](C)CC(F)(F)F)C1CC(CN(C)C(=O)/C(=C/N(C)C)N=C)=CC=C1F. The van der Waals surface area contributed by atoms with Gasteiger partial charge >= 0.3 is 6.18 Å². The van der Waals surface area contributed by atoms with Crippen LogP contribution in [0.15, 0.2) is 58.2 Å². The molecule has 0 aromatic carbocycles. The number of halogens is 4. The number of hydrogen-bond acceptors (Lipinski definition) is 4. The Kier molecular flexibility index (Phi) is 9.87. The zero-order valence-corrected chi connectivity index (χ0v) is 18.4. The molecule has 0 aromatic rings. The lowest BCUT2D eigenvalue weighted by atomic mass is 9.84. The lowest BCUT2D eigenvalue weighted by Gasteiger charge is -2.27. The fourth-order valence-electron chi connectivity index (χ4n) is 3.34. The first-order chi connectivity index (χ1) is 14.4. The Hall–Kier alpha value is -2.71. The summed E-state index contributed by atoms with van der Waals surface area (Å²) in [5.41, 5.74) is 1.22. The summed E-state index contributed by atoms with van der Waals surface area (Å²) < 4.78 is 52.7. The third kappa shape index (κ3) is 8.90. The highest BCUT2D eigenvalue weighted by atomic mass is 19.4.